The van der Waals surface area contributed by atoms with Crippen molar-refractivity contribution in [2.24, 2.45) is 0 Å². The molecule has 0 saturated carbocycles. The molecule has 96 valence electrons. The van der Waals surface area contributed by atoms with Gasteiger partial charge in [-0.3, -0.25) is 4.98 Å². The van der Waals surface area contributed by atoms with Gasteiger partial charge in [-0.1, -0.05) is 18.2 Å². The Morgan fingerprint density at radius 1 is 1.32 bits per heavy atom. The molecule has 1 N–H and O–H groups in total. The summed E-state index contributed by atoms with van der Waals surface area (Å²) in [5, 5.41) is 12.0. The van der Waals surface area contributed by atoms with Crippen LogP contribution in [0.2, 0.25) is 0 Å². The molecule has 0 aliphatic rings. The third-order valence-corrected chi connectivity index (χ3v) is 2.93. The predicted molar refractivity (Wildman–Crippen MR) is 70.6 cm³/mol. The molecule has 2 aromatic rings. The Morgan fingerprint density at radius 2 is 2.16 bits per heavy atom. The molecule has 2 rings (SSSR count). The Labute approximate surface area is 111 Å². The molecule has 0 fully saturated rings. The molecule has 0 radical (unpaired) electrons. The van der Waals surface area contributed by atoms with Crippen LogP contribution in [-0.4, -0.2) is 4.98 Å². The zero-order valence-electron chi connectivity index (χ0n) is 10.6. The maximum absolute atomic E-state index is 13.8. The lowest BCUT2D eigenvalue weighted by Gasteiger charge is -2.13. The van der Waals surface area contributed by atoms with E-state index in [1.807, 2.05) is 31.2 Å². The highest BCUT2D eigenvalue weighted by molar-refractivity contribution is 5.34. The number of halogens is 1. The first-order valence-electron chi connectivity index (χ1n) is 6.04. The fourth-order valence-corrected chi connectivity index (χ4v) is 1.80. The van der Waals surface area contributed by atoms with Crippen LogP contribution in [0.4, 0.5) is 4.39 Å². The highest BCUT2D eigenvalue weighted by Crippen LogP contribution is 2.14. The van der Waals surface area contributed by atoms with Crippen LogP contribution in [0.5, 0.6) is 0 Å². The number of hydrogen-bond acceptors (Lipinski definition) is 3. The highest BCUT2D eigenvalue weighted by Gasteiger charge is 2.10. The van der Waals surface area contributed by atoms with Gasteiger partial charge in [0.05, 0.1) is 11.3 Å². The van der Waals surface area contributed by atoms with Crippen LogP contribution < -0.4 is 5.32 Å². The summed E-state index contributed by atoms with van der Waals surface area (Å²) < 4.78 is 13.8. The van der Waals surface area contributed by atoms with E-state index in [1.165, 1.54) is 6.07 Å². The Kier molecular flexibility index (Phi) is 4.22. The first-order valence-corrected chi connectivity index (χ1v) is 6.04. The van der Waals surface area contributed by atoms with E-state index in [2.05, 4.69) is 10.3 Å². The van der Waals surface area contributed by atoms with Crippen LogP contribution in [0.1, 0.15) is 29.8 Å². The van der Waals surface area contributed by atoms with Gasteiger partial charge < -0.3 is 5.32 Å². The minimum atomic E-state index is -0.453. The van der Waals surface area contributed by atoms with Crippen molar-refractivity contribution in [1.82, 2.24) is 10.3 Å². The van der Waals surface area contributed by atoms with E-state index in [9.17, 15) is 4.39 Å². The van der Waals surface area contributed by atoms with E-state index in [1.54, 1.807) is 18.3 Å². The Morgan fingerprint density at radius 3 is 2.84 bits per heavy atom. The number of nitrogens with zero attached hydrogens (tertiary/aromatic N) is 2. The fraction of sp³-hybridized carbons (Fsp3) is 0.200. The quantitative estimate of drug-likeness (QED) is 0.913. The van der Waals surface area contributed by atoms with E-state index in [0.717, 1.165) is 5.69 Å². The lowest BCUT2D eigenvalue weighted by atomic mass is 10.1. The second-order valence-electron chi connectivity index (χ2n) is 4.25. The van der Waals surface area contributed by atoms with Gasteiger partial charge in [-0.2, -0.15) is 5.26 Å². The molecular formula is C15H14FN3. The molecule has 0 bridgehead atoms. The average molecular weight is 255 g/mol. The van der Waals surface area contributed by atoms with Gasteiger partial charge in [0, 0.05) is 24.3 Å². The van der Waals surface area contributed by atoms with Gasteiger partial charge in [-0.15, -0.1) is 0 Å². The smallest absolute Gasteiger partial charge is 0.145 e. The Hall–Kier alpha value is -2.25. The van der Waals surface area contributed by atoms with Gasteiger partial charge in [0.1, 0.15) is 11.9 Å². The second kappa shape index (κ2) is 6.07. The fourth-order valence-electron chi connectivity index (χ4n) is 1.80. The highest BCUT2D eigenvalue weighted by atomic mass is 19.1. The summed E-state index contributed by atoms with van der Waals surface area (Å²) in [5.74, 6) is -0.453. The van der Waals surface area contributed by atoms with Crippen molar-refractivity contribution in [2.75, 3.05) is 0 Å². The number of benzene rings is 1. The number of rotatable bonds is 4. The zero-order chi connectivity index (χ0) is 13.7. The lowest BCUT2D eigenvalue weighted by molar-refractivity contribution is 0.535. The van der Waals surface area contributed by atoms with E-state index in [-0.39, 0.29) is 11.6 Å². The average Bonchev–Trinajstić information content (AvgIpc) is 2.47. The largest absolute Gasteiger partial charge is 0.305 e. The maximum atomic E-state index is 13.8. The molecule has 0 aliphatic carbocycles. The molecule has 0 unspecified atom stereocenters. The molecule has 1 aromatic carbocycles. The normalized spacial score (nSPS) is 11.8. The van der Waals surface area contributed by atoms with Crippen LogP contribution in [-0.2, 0) is 6.54 Å². The van der Waals surface area contributed by atoms with E-state index >= 15 is 0 Å². The topological polar surface area (TPSA) is 48.7 Å². The van der Waals surface area contributed by atoms with Crippen LogP contribution in [0.15, 0.2) is 42.6 Å². The SMILES string of the molecule is C[C@H](NCc1cccc(C#N)c1F)c1ccccn1. The summed E-state index contributed by atoms with van der Waals surface area (Å²) in [5.41, 5.74) is 1.46. The third kappa shape index (κ3) is 3.15. The van der Waals surface area contributed by atoms with Crippen molar-refractivity contribution in [1.29, 1.82) is 5.26 Å². The van der Waals surface area contributed by atoms with Crippen LogP contribution in [0.25, 0.3) is 0 Å². The number of pyridine rings is 1. The van der Waals surface area contributed by atoms with Crippen molar-refractivity contribution in [3.63, 3.8) is 0 Å². The van der Waals surface area contributed by atoms with Gasteiger partial charge in [0.15, 0.2) is 0 Å². The maximum Gasteiger partial charge on any atom is 0.145 e. The number of nitriles is 1. The van der Waals surface area contributed by atoms with Gasteiger partial charge >= 0.3 is 0 Å². The van der Waals surface area contributed by atoms with Gasteiger partial charge in [-0.05, 0) is 25.1 Å². The van der Waals surface area contributed by atoms with Crippen molar-refractivity contribution in [3.05, 3.63) is 65.2 Å². The molecule has 1 aromatic heterocycles. The van der Waals surface area contributed by atoms with Gasteiger partial charge in [0.2, 0.25) is 0 Å². The first-order chi connectivity index (χ1) is 9.22. The monoisotopic (exact) mass is 255 g/mol. The minimum Gasteiger partial charge on any atom is -0.305 e. The van der Waals surface area contributed by atoms with Crippen molar-refractivity contribution in [2.45, 2.75) is 19.5 Å². The summed E-state index contributed by atoms with van der Waals surface area (Å²) in [6, 6.07) is 12.4. The molecule has 0 aliphatic heterocycles. The summed E-state index contributed by atoms with van der Waals surface area (Å²) in [7, 11) is 0. The van der Waals surface area contributed by atoms with Crippen LogP contribution in [0, 0.1) is 17.1 Å². The number of hydrogen-bond donors (Lipinski definition) is 1. The molecule has 0 saturated heterocycles. The summed E-state index contributed by atoms with van der Waals surface area (Å²) in [6.45, 7) is 2.33. The molecule has 1 heterocycles. The van der Waals surface area contributed by atoms with E-state index in [4.69, 9.17) is 5.26 Å². The van der Waals surface area contributed by atoms with Crippen molar-refractivity contribution in [3.8, 4) is 6.07 Å². The second-order valence-corrected chi connectivity index (χ2v) is 4.25. The molecular weight excluding hydrogens is 241 g/mol. The summed E-state index contributed by atoms with van der Waals surface area (Å²) in [6.07, 6.45) is 1.73. The van der Waals surface area contributed by atoms with Crippen molar-refractivity contribution >= 4 is 0 Å². The van der Waals surface area contributed by atoms with Gasteiger partial charge in [-0.25, -0.2) is 4.39 Å². The summed E-state index contributed by atoms with van der Waals surface area (Å²) in [4.78, 5) is 4.24. The van der Waals surface area contributed by atoms with Gasteiger partial charge in [0.25, 0.3) is 0 Å². The molecule has 19 heavy (non-hydrogen) atoms. The summed E-state index contributed by atoms with van der Waals surface area (Å²) >= 11 is 0. The van der Waals surface area contributed by atoms with E-state index in [0.29, 0.717) is 12.1 Å². The van der Waals surface area contributed by atoms with Crippen LogP contribution >= 0.6 is 0 Å². The number of aromatic nitrogens is 1. The standard InChI is InChI=1S/C15H14FN3/c1-11(14-7-2-3-8-18-14)19-10-13-6-4-5-12(9-17)15(13)16/h2-8,11,19H,10H2,1H3/t11-/m0/s1. The Balaban J connectivity index is 2.06. The molecule has 1 atom stereocenters. The van der Waals surface area contributed by atoms with Crippen molar-refractivity contribution < 1.29 is 4.39 Å². The molecule has 4 heteroatoms. The molecule has 3 nitrogen and oxygen atoms in total. The lowest BCUT2D eigenvalue weighted by Crippen LogP contribution is -2.19. The zero-order valence-corrected chi connectivity index (χ0v) is 10.6. The Bertz CT molecular complexity index is 590. The minimum absolute atomic E-state index is 0.0198. The van der Waals surface area contributed by atoms with Crippen LogP contribution in [0.3, 0.4) is 0 Å². The van der Waals surface area contributed by atoms with E-state index < -0.39 is 5.82 Å². The number of nitrogens with one attached hydrogen (secondary N) is 1. The predicted octanol–water partition coefficient (Wildman–Crippen LogP) is 2.94. The molecule has 0 amide bonds. The third-order valence-electron chi connectivity index (χ3n) is 2.93. The first kappa shape index (κ1) is 13.2. The molecule has 0 spiro atoms.